The Bertz CT molecular complexity index is 610. The number of benzene rings is 1. The van der Waals surface area contributed by atoms with Gasteiger partial charge < -0.3 is 9.52 Å². The number of rotatable bonds is 3. The molecule has 2 aromatic rings. The predicted octanol–water partition coefficient (Wildman–Crippen LogP) is 2.27. The van der Waals surface area contributed by atoms with E-state index in [1.165, 1.54) is 6.07 Å². The summed E-state index contributed by atoms with van der Waals surface area (Å²) in [5.41, 5.74) is 1.67. The van der Waals surface area contributed by atoms with E-state index in [9.17, 15) is 9.90 Å². The highest BCUT2D eigenvalue weighted by atomic mass is 16.4. The first-order valence-electron chi connectivity index (χ1n) is 5.43. The van der Waals surface area contributed by atoms with Crippen LogP contribution in [-0.4, -0.2) is 11.2 Å². The van der Waals surface area contributed by atoms with Gasteiger partial charge in [-0.3, -0.25) is 0 Å². The summed E-state index contributed by atoms with van der Waals surface area (Å²) in [4.78, 5) is 11.2. The predicted molar refractivity (Wildman–Crippen MR) is 67.0 cm³/mol. The molecular weight excluding hydrogens is 216 g/mol. The van der Waals surface area contributed by atoms with Crippen molar-refractivity contribution < 1.29 is 9.52 Å². The minimum Gasteiger partial charge on any atom is -0.422 e. The number of aliphatic hydroxyl groups is 1. The maximum absolute atomic E-state index is 11.2. The van der Waals surface area contributed by atoms with Crippen LogP contribution < -0.4 is 5.63 Å². The average molecular weight is 230 g/mol. The Balaban J connectivity index is 2.50. The van der Waals surface area contributed by atoms with E-state index in [2.05, 4.69) is 6.58 Å². The van der Waals surface area contributed by atoms with Crippen molar-refractivity contribution >= 4 is 11.0 Å². The zero-order chi connectivity index (χ0) is 12.4. The lowest BCUT2D eigenvalue weighted by atomic mass is 10.0. The van der Waals surface area contributed by atoms with E-state index in [0.29, 0.717) is 17.6 Å². The van der Waals surface area contributed by atoms with Gasteiger partial charge in [0.1, 0.15) is 5.58 Å². The van der Waals surface area contributed by atoms with Gasteiger partial charge in [0.05, 0.1) is 6.10 Å². The third-order valence-corrected chi connectivity index (χ3v) is 2.71. The molecule has 2 rings (SSSR count). The fraction of sp³-hybridized carbons (Fsp3) is 0.214. The van der Waals surface area contributed by atoms with Gasteiger partial charge in [-0.15, -0.1) is 0 Å². The van der Waals surface area contributed by atoms with Crippen molar-refractivity contribution in [3.8, 4) is 0 Å². The molecular formula is C14H14O3. The zero-order valence-corrected chi connectivity index (χ0v) is 9.64. The van der Waals surface area contributed by atoms with Crippen LogP contribution in [0, 0.1) is 0 Å². The fourth-order valence-corrected chi connectivity index (χ4v) is 1.70. The molecule has 0 aliphatic rings. The van der Waals surface area contributed by atoms with Crippen LogP contribution in [0.3, 0.4) is 0 Å². The summed E-state index contributed by atoms with van der Waals surface area (Å²) in [5, 5.41) is 10.6. The molecule has 0 bridgehead atoms. The second-order valence-corrected chi connectivity index (χ2v) is 4.16. The lowest BCUT2D eigenvalue weighted by Gasteiger charge is -2.11. The molecule has 1 atom stereocenters. The molecule has 1 heterocycles. The van der Waals surface area contributed by atoms with Crippen LogP contribution in [0.2, 0.25) is 0 Å². The molecule has 1 N–H and O–H groups in total. The van der Waals surface area contributed by atoms with Crippen LogP contribution in [0.1, 0.15) is 12.5 Å². The largest absolute Gasteiger partial charge is 0.422 e. The second kappa shape index (κ2) is 4.55. The van der Waals surface area contributed by atoms with Gasteiger partial charge in [0.25, 0.3) is 0 Å². The summed E-state index contributed by atoms with van der Waals surface area (Å²) in [6, 6.07) is 8.70. The monoisotopic (exact) mass is 230 g/mol. The maximum Gasteiger partial charge on any atom is 0.336 e. The van der Waals surface area contributed by atoms with E-state index in [4.69, 9.17) is 4.42 Å². The summed E-state index contributed by atoms with van der Waals surface area (Å²) in [7, 11) is 0. The van der Waals surface area contributed by atoms with Crippen molar-refractivity contribution in [1.82, 2.24) is 0 Å². The second-order valence-electron chi connectivity index (χ2n) is 4.16. The number of fused-ring (bicyclic) bond motifs is 1. The van der Waals surface area contributed by atoms with Crippen LogP contribution in [-0.2, 0) is 6.42 Å². The molecule has 1 unspecified atom stereocenters. The van der Waals surface area contributed by atoms with E-state index in [0.717, 1.165) is 10.9 Å². The molecule has 1 aromatic carbocycles. The van der Waals surface area contributed by atoms with Crippen LogP contribution in [0.15, 0.2) is 51.7 Å². The van der Waals surface area contributed by atoms with Crippen molar-refractivity contribution in [3.05, 3.63) is 58.5 Å². The van der Waals surface area contributed by atoms with Gasteiger partial charge in [-0.2, -0.15) is 0 Å². The highest BCUT2D eigenvalue weighted by Gasteiger charge is 2.10. The SMILES string of the molecule is C=C(C)C(O)Cc1cccc2ccc(=O)oc12. The number of aliphatic hydroxyl groups excluding tert-OH is 1. The van der Waals surface area contributed by atoms with Crippen LogP contribution >= 0.6 is 0 Å². The van der Waals surface area contributed by atoms with Gasteiger partial charge in [0.2, 0.25) is 0 Å². The van der Waals surface area contributed by atoms with Crippen LogP contribution in [0.4, 0.5) is 0 Å². The van der Waals surface area contributed by atoms with E-state index >= 15 is 0 Å². The summed E-state index contributed by atoms with van der Waals surface area (Å²) in [6.45, 7) is 5.48. The molecule has 0 aliphatic carbocycles. The molecule has 3 heteroatoms. The van der Waals surface area contributed by atoms with E-state index < -0.39 is 6.10 Å². The quantitative estimate of drug-likeness (QED) is 0.650. The zero-order valence-electron chi connectivity index (χ0n) is 9.64. The fourth-order valence-electron chi connectivity index (χ4n) is 1.70. The van der Waals surface area contributed by atoms with Crippen molar-refractivity contribution in [1.29, 1.82) is 0 Å². The Morgan fingerprint density at radius 3 is 2.88 bits per heavy atom. The maximum atomic E-state index is 11.2. The van der Waals surface area contributed by atoms with Crippen LogP contribution in [0.5, 0.6) is 0 Å². The highest BCUT2D eigenvalue weighted by Crippen LogP contribution is 2.19. The molecule has 0 fully saturated rings. The van der Waals surface area contributed by atoms with Gasteiger partial charge in [-0.25, -0.2) is 4.79 Å². The molecule has 0 saturated carbocycles. The third kappa shape index (κ3) is 2.45. The molecule has 1 aromatic heterocycles. The van der Waals surface area contributed by atoms with Crippen LogP contribution in [0.25, 0.3) is 11.0 Å². The Kier molecular flexibility index (Phi) is 3.11. The molecule has 0 spiro atoms. The highest BCUT2D eigenvalue weighted by molar-refractivity contribution is 5.79. The van der Waals surface area contributed by atoms with Gasteiger partial charge in [-0.05, 0) is 18.6 Å². The van der Waals surface area contributed by atoms with Crippen molar-refractivity contribution in [2.24, 2.45) is 0 Å². The Labute approximate surface area is 99.0 Å². The normalized spacial score (nSPS) is 12.6. The third-order valence-electron chi connectivity index (χ3n) is 2.71. The molecule has 0 aliphatic heterocycles. The first-order valence-corrected chi connectivity index (χ1v) is 5.43. The lowest BCUT2D eigenvalue weighted by Crippen LogP contribution is -2.11. The van der Waals surface area contributed by atoms with E-state index in [1.54, 1.807) is 13.0 Å². The molecule has 0 amide bonds. The van der Waals surface area contributed by atoms with E-state index in [-0.39, 0.29) is 5.63 Å². The molecule has 3 nitrogen and oxygen atoms in total. The first-order chi connectivity index (χ1) is 8.08. The number of hydrogen-bond acceptors (Lipinski definition) is 3. The van der Waals surface area contributed by atoms with Crippen molar-refractivity contribution in [2.75, 3.05) is 0 Å². The average Bonchev–Trinajstić information content (AvgIpc) is 2.29. The van der Waals surface area contributed by atoms with Gasteiger partial charge in [-0.1, -0.05) is 30.4 Å². The number of para-hydroxylation sites is 1. The molecule has 0 radical (unpaired) electrons. The topological polar surface area (TPSA) is 50.4 Å². The van der Waals surface area contributed by atoms with E-state index in [1.807, 2.05) is 18.2 Å². The minimum atomic E-state index is -0.619. The standard InChI is InChI=1S/C14H14O3/c1-9(2)12(15)8-11-5-3-4-10-6-7-13(16)17-14(10)11/h3-7,12,15H,1,8H2,2H3. The Morgan fingerprint density at radius 1 is 1.41 bits per heavy atom. The summed E-state index contributed by atoms with van der Waals surface area (Å²) in [5.74, 6) is 0. The van der Waals surface area contributed by atoms with Crippen molar-refractivity contribution in [2.45, 2.75) is 19.4 Å². The molecule has 17 heavy (non-hydrogen) atoms. The summed E-state index contributed by atoms with van der Waals surface area (Å²) < 4.78 is 5.18. The molecule has 88 valence electrons. The van der Waals surface area contributed by atoms with Crippen molar-refractivity contribution in [3.63, 3.8) is 0 Å². The minimum absolute atomic E-state index is 0.380. The Hall–Kier alpha value is -1.87. The summed E-state index contributed by atoms with van der Waals surface area (Å²) >= 11 is 0. The molecule has 0 saturated heterocycles. The Morgan fingerprint density at radius 2 is 2.18 bits per heavy atom. The van der Waals surface area contributed by atoms with Gasteiger partial charge >= 0.3 is 5.63 Å². The summed E-state index contributed by atoms with van der Waals surface area (Å²) in [6.07, 6.45) is -0.217. The number of hydrogen-bond donors (Lipinski definition) is 1. The smallest absolute Gasteiger partial charge is 0.336 e. The van der Waals surface area contributed by atoms with Gasteiger partial charge in [0.15, 0.2) is 0 Å². The van der Waals surface area contributed by atoms with Gasteiger partial charge in [0, 0.05) is 17.9 Å². The first kappa shape index (κ1) is 11.6. The lowest BCUT2D eigenvalue weighted by molar-refractivity contribution is 0.212.